The van der Waals surface area contributed by atoms with Crippen LogP contribution in [-0.4, -0.2) is 24.2 Å². The van der Waals surface area contributed by atoms with Crippen LogP contribution >= 0.6 is 0 Å². The van der Waals surface area contributed by atoms with Crippen molar-refractivity contribution in [2.24, 2.45) is 0 Å². The van der Waals surface area contributed by atoms with E-state index in [4.69, 9.17) is 9.15 Å². The summed E-state index contributed by atoms with van der Waals surface area (Å²) in [4.78, 5) is 4.25. The van der Waals surface area contributed by atoms with E-state index in [1.54, 1.807) is 0 Å². The molecule has 0 bridgehead atoms. The molecule has 1 N–H and O–H groups in total. The van der Waals surface area contributed by atoms with Gasteiger partial charge in [0.25, 0.3) is 0 Å². The summed E-state index contributed by atoms with van der Waals surface area (Å²) >= 11 is 0. The number of aromatic nitrogens is 1. The number of nitrogens with zero attached hydrogens (tertiary/aromatic N) is 1. The largest absolute Gasteiger partial charge is 0.448 e. The molecule has 4 heteroatoms. The van der Waals surface area contributed by atoms with E-state index in [0.29, 0.717) is 12.0 Å². The minimum atomic E-state index is 0.400. The monoisotopic (exact) mass is 210 g/mol. The van der Waals surface area contributed by atoms with Crippen LogP contribution in [-0.2, 0) is 11.3 Å². The Kier molecular flexibility index (Phi) is 3.38. The lowest BCUT2D eigenvalue weighted by atomic mass is 10.0. The van der Waals surface area contributed by atoms with Gasteiger partial charge < -0.3 is 14.5 Å². The SMILES string of the molecule is CC(C)NCc1ncoc1C1CCOC1. The molecule has 15 heavy (non-hydrogen) atoms. The molecule has 1 aliphatic rings. The van der Waals surface area contributed by atoms with Crippen LogP contribution in [0.1, 0.15) is 37.6 Å². The molecule has 0 aromatic carbocycles. The van der Waals surface area contributed by atoms with Crippen LogP contribution < -0.4 is 5.32 Å². The maximum Gasteiger partial charge on any atom is 0.181 e. The molecule has 2 heterocycles. The van der Waals surface area contributed by atoms with Crippen LogP contribution in [0.2, 0.25) is 0 Å². The Morgan fingerprint density at radius 2 is 2.47 bits per heavy atom. The van der Waals surface area contributed by atoms with Gasteiger partial charge in [-0.05, 0) is 6.42 Å². The van der Waals surface area contributed by atoms with E-state index in [-0.39, 0.29) is 0 Å². The summed E-state index contributed by atoms with van der Waals surface area (Å²) in [5.74, 6) is 1.40. The maximum absolute atomic E-state index is 5.45. The van der Waals surface area contributed by atoms with Gasteiger partial charge in [-0.25, -0.2) is 4.98 Å². The Balaban J connectivity index is 2.01. The molecule has 0 saturated carbocycles. The molecular weight excluding hydrogens is 192 g/mol. The minimum absolute atomic E-state index is 0.400. The third-order valence-electron chi connectivity index (χ3n) is 2.65. The van der Waals surface area contributed by atoms with E-state index in [1.807, 2.05) is 0 Å². The number of oxazole rings is 1. The summed E-state index contributed by atoms with van der Waals surface area (Å²) in [5.41, 5.74) is 1.03. The van der Waals surface area contributed by atoms with Crippen molar-refractivity contribution in [1.29, 1.82) is 0 Å². The Morgan fingerprint density at radius 3 is 3.13 bits per heavy atom. The third-order valence-corrected chi connectivity index (χ3v) is 2.65. The first kappa shape index (κ1) is 10.6. The predicted molar refractivity (Wildman–Crippen MR) is 56.7 cm³/mol. The van der Waals surface area contributed by atoms with Crippen molar-refractivity contribution in [3.05, 3.63) is 17.8 Å². The molecule has 1 saturated heterocycles. The first-order valence-electron chi connectivity index (χ1n) is 5.50. The summed E-state index contributed by atoms with van der Waals surface area (Å²) in [6.07, 6.45) is 2.58. The Labute approximate surface area is 90.0 Å². The maximum atomic E-state index is 5.45. The van der Waals surface area contributed by atoms with E-state index in [9.17, 15) is 0 Å². The van der Waals surface area contributed by atoms with Crippen molar-refractivity contribution in [3.8, 4) is 0 Å². The lowest BCUT2D eigenvalue weighted by Gasteiger charge is -2.09. The van der Waals surface area contributed by atoms with Crippen molar-refractivity contribution in [2.75, 3.05) is 13.2 Å². The lowest BCUT2D eigenvalue weighted by Crippen LogP contribution is -2.23. The number of rotatable bonds is 4. The smallest absolute Gasteiger partial charge is 0.181 e. The quantitative estimate of drug-likeness (QED) is 0.821. The van der Waals surface area contributed by atoms with Crippen LogP contribution in [0.3, 0.4) is 0 Å². The average molecular weight is 210 g/mol. The van der Waals surface area contributed by atoms with Crippen molar-refractivity contribution < 1.29 is 9.15 Å². The van der Waals surface area contributed by atoms with Gasteiger partial charge in [-0.15, -0.1) is 0 Å². The second-order valence-corrected chi connectivity index (χ2v) is 4.26. The zero-order valence-electron chi connectivity index (χ0n) is 9.32. The molecular formula is C11H18N2O2. The van der Waals surface area contributed by atoms with Gasteiger partial charge in [-0.2, -0.15) is 0 Å². The molecule has 84 valence electrons. The Bertz CT molecular complexity index is 303. The van der Waals surface area contributed by atoms with E-state index in [1.165, 1.54) is 6.39 Å². The fraction of sp³-hybridized carbons (Fsp3) is 0.727. The van der Waals surface area contributed by atoms with E-state index in [2.05, 4.69) is 24.1 Å². The fourth-order valence-corrected chi connectivity index (χ4v) is 1.79. The van der Waals surface area contributed by atoms with Crippen molar-refractivity contribution >= 4 is 0 Å². The minimum Gasteiger partial charge on any atom is -0.448 e. The Morgan fingerprint density at radius 1 is 1.60 bits per heavy atom. The van der Waals surface area contributed by atoms with Gasteiger partial charge in [0.1, 0.15) is 5.76 Å². The van der Waals surface area contributed by atoms with Gasteiger partial charge >= 0.3 is 0 Å². The highest BCUT2D eigenvalue weighted by molar-refractivity contribution is 5.13. The molecule has 1 aliphatic heterocycles. The van der Waals surface area contributed by atoms with E-state index in [0.717, 1.165) is 37.6 Å². The second-order valence-electron chi connectivity index (χ2n) is 4.26. The van der Waals surface area contributed by atoms with Crippen LogP contribution in [0.15, 0.2) is 10.8 Å². The molecule has 4 nitrogen and oxygen atoms in total. The fourth-order valence-electron chi connectivity index (χ4n) is 1.79. The normalized spacial score (nSPS) is 21.4. The number of hydrogen-bond acceptors (Lipinski definition) is 4. The van der Waals surface area contributed by atoms with Crippen LogP contribution in [0.4, 0.5) is 0 Å². The molecule has 0 radical (unpaired) electrons. The molecule has 1 unspecified atom stereocenters. The van der Waals surface area contributed by atoms with Gasteiger partial charge in [-0.3, -0.25) is 0 Å². The summed E-state index contributed by atoms with van der Waals surface area (Å²) < 4.78 is 10.8. The standard InChI is InChI=1S/C11H18N2O2/c1-8(2)12-5-10-11(15-7-13-10)9-3-4-14-6-9/h7-9,12H,3-6H2,1-2H3. The van der Waals surface area contributed by atoms with E-state index >= 15 is 0 Å². The molecule has 0 amide bonds. The van der Waals surface area contributed by atoms with Crippen LogP contribution in [0, 0.1) is 0 Å². The molecule has 1 aromatic rings. The highest BCUT2D eigenvalue weighted by atomic mass is 16.5. The van der Waals surface area contributed by atoms with Gasteiger partial charge in [0.05, 0.1) is 12.3 Å². The average Bonchev–Trinajstić information content (AvgIpc) is 2.85. The molecule has 1 atom stereocenters. The number of nitrogens with one attached hydrogen (secondary N) is 1. The molecule has 0 aliphatic carbocycles. The summed E-state index contributed by atoms with van der Waals surface area (Å²) in [7, 11) is 0. The highest BCUT2D eigenvalue weighted by Crippen LogP contribution is 2.27. The molecule has 0 spiro atoms. The van der Waals surface area contributed by atoms with Crippen molar-refractivity contribution in [2.45, 2.75) is 38.8 Å². The summed E-state index contributed by atoms with van der Waals surface area (Å²) in [6.45, 7) is 6.63. The van der Waals surface area contributed by atoms with Gasteiger partial charge in [0.2, 0.25) is 0 Å². The van der Waals surface area contributed by atoms with Gasteiger partial charge in [0.15, 0.2) is 6.39 Å². The van der Waals surface area contributed by atoms with Crippen LogP contribution in [0.5, 0.6) is 0 Å². The van der Waals surface area contributed by atoms with Crippen molar-refractivity contribution in [3.63, 3.8) is 0 Å². The van der Waals surface area contributed by atoms with Crippen LogP contribution in [0.25, 0.3) is 0 Å². The first-order valence-corrected chi connectivity index (χ1v) is 5.50. The summed E-state index contributed by atoms with van der Waals surface area (Å²) in [6, 6.07) is 0.467. The molecule has 1 aromatic heterocycles. The highest BCUT2D eigenvalue weighted by Gasteiger charge is 2.24. The number of hydrogen-bond donors (Lipinski definition) is 1. The zero-order valence-corrected chi connectivity index (χ0v) is 9.32. The van der Waals surface area contributed by atoms with Gasteiger partial charge in [0, 0.05) is 25.1 Å². The van der Waals surface area contributed by atoms with E-state index < -0.39 is 0 Å². The zero-order chi connectivity index (χ0) is 10.7. The molecule has 2 rings (SSSR count). The molecule has 1 fully saturated rings. The van der Waals surface area contributed by atoms with Gasteiger partial charge in [-0.1, -0.05) is 13.8 Å². The lowest BCUT2D eigenvalue weighted by molar-refractivity contribution is 0.191. The second kappa shape index (κ2) is 4.77. The Hall–Kier alpha value is -0.870. The predicted octanol–water partition coefficient (Wildman–Crippen LogP) is 1.68. The summed E-state index contributed by atoms with van der Waals surface area (Å²) in [5, 5.41) is 3.35. The third kappa shape index (κ3) is 2.58. The topological polar surface area (TPSA) is 47.3 Å². The number of ether oxygens (including phenoxy) is 1. The first-order chi connectivity index (χ1) is 7.27. The van der Waals surface area contributed by atoms with Crippen molar-refractivity contribution in [1.82, 2.24) is 10.3 Å².